The van der Waals surface area contributed by atoms with E-state index >= 15 is 0 Å². The fourth-order valence-electron chi connectivity index (χ4n) is 1.50. The summed E-state index contributed by atoms with van der Waals surface area (Å²) in [6.07, 6.45) is 0. The monoisotopic (exact) mass is 297 g/mol. The number of ether oxygens (including phenoxy) is 1. The molecule has 2 aromatic rings. The van der Waals surface area contributed by atoms with Crippen molar-refractivity contribution in [1.29, 1.82) is 0 Å². The third-order valence-electron chi connectivity index (χ3n) is 2.43. The molecule has 20 heavy (non-hydrogen) atoms. The van der Waals surface area contributed by atoms with Crippen LogP contribution >= 0.6 is 11.6 Å². The highest BCUT2D eigenvalue weighted by molar-refractivity contribution is 6.29. The molecule has 1 amide bonds. The lowest BCUT2D eigenvalue weighted by molar-refractivity contribution is 0.0595. The van der Waals surface area contributed by atoms with Crippen LogP contribution in [0, 0.1) is 5.82 Å². The van der Waals surface area contributed by atoms with Crippen LogP contribution in [0.2, 0.25) is 5.22 Å². The van der Waals surface area contributed by atoms with Crippen molar-refractivity contribution in [2.45, 2.75) is 0 Å². The van der Waals surface area contributed by atoms with Crippen LogP contribution in [0.5, 0.6) is 0 Å². The molecule has 5 nitrogen and oxygen atoms in total. The molecular formula is C13H9ClFNO4. The summed E-state index contributed by atoms with van der Waals surface area (Å²) in [7, 11) is 1.14. The number of benzene rings is 1. The van der Waals surface area contributed by atoms with Gasteiger partial charge >= 0.3 is 5.97 Å². The van der Waals surface area contributed by atoms with Gasteiger partial charge in [0.2, 0.25) is 0 Å². The average molecular weight is 298 g/mol. The number of anilines is 1. The number of furan rings is 1. The molecule has 0 saturated carbocycles. The summed E-state index contributed by atoms with van der Waals surface area (Å²) in [6.45, 7) is 0. The number of carbonyl (C=O) groups excluding carboxylic acids is 2. The van der Waals surface area contributed by atoms with Crippen LogP contribution in [0.4, 0.5) is 10.1 Å². The highest BCUT2D eigenvalue weighted by atomic mass is 35.5. The third kappa shape index (κ3) is 2.97. The Morgan fingerprint density at radius 2 is 2.05 bits per heavy atom. The first kappa shape index (κ1) is 14.1. The van der Waals surface area contributed by atoms with Crippen molar-refractivity contribution in [3.05, 3.63) is 52.7 Å². The van der Waals surface area contributed by atoms with Crippen molar-refractivity contribution in [2.24, 2.45) is 0 Å². The molecule has 0 atom stereocenters. The summed E-state index contributed by atoms with van der Waals surface area (Å²) in [5, 5.41) is 2.53. The zero-order chi connectivity index (χ0) is 14.7. The third-order valence-corrected chi connectivity index (χ3v) is 2.63. The number of nitrogens with one attached hydrogen (secondary N) is 1. The van der Waals surface area contributed by atoms with Crippen LogP contribution in [0.3, 0.4) is 0 Å². The lowest BCUT2D eigenvalue weighted by Crippen LogP contribution is -2.12. The maximum Gasteiger partial charge on any atom is 0.340 e. The summed E-state index contributed by atoms with van der Waals surface area (Å²) in [4.78, 5) is 23.1. The van der Waals surface area contributed by atoms with E-state index in [2.05, 4.69) is 10.1 Å². The van der Waals surface area contributed by atoms with Crippen LogP contribution in [-0.4, -0.2) is 19.0 Å². The first-order chi connectivity index (χ1) is 9.51. The topological polar surface area (TPSA) is 68.5 Å². The van der Waals surface area contributed by atoms with Crippen molar-refractivity contribution in [2.75, 3.05) is 12.4 Å². The fraction of sp³-hybridized carbons (Fsp3) is 0.0769. The smallest absolute Gasteiger partial charge is 0.340 e. The van der Waals surface area contributed by atoms with Gasteiger partial charge in [-0.15, -0.1) is 0 Å². The van der Waals surface area contributed by atoms with Gasteiger partial charge in [-0.1, -0.05) is 0 Å². The normalized spacial score (nSPS) is 10.2. The van der Waals surface area contributed by atoms with Crippen LogP contribution in [0.1, 0.15) is 20.9 Å². The predicted octanol–water partition coefficient (Wildman–Crippen LogP) is 3.11. The number of methoxy groups -OCH3 is 1. The summed E-state index contributed by atoms with van der Waals surface area (Å²) in [5.74, 6) is -2.14. The van der Waals surface area contributed by atoms with Gasteiger partial charge in [-0.3, -0.25) is 4.79 Å². The van der Waals surface area contributed by atoms with Crippen LogP contribution < -0.4 is 5.32 Å². The summed E-state index contributed by atoms with van der Waals surface area (Å²) in [5.41, 5.74) is -0.0490. The molecule has 0 radical (unpaired) electrons. The Balaban J connectivity index is 2.22. The SMILES string of the molecule is COC(=O)c1cc(NC(=O)c2ccc(Cl)o2)ccc1F. The molecule has 1 heterocycles. The number of hydrogen-bond acceptors (Lipinski definition) is 4. The Hall–Kier alpha value is -2.34. The van der Waals surface area contributed by atoms with Crippen molar-refractivity contribution in [3.8, 4) is 0 Å². The maximum absolute atomic E-state index is 13.4. The molecule has 1 aromatic heterocycles. The van der Waals surface area contributed by atoms with Gasteiger partial charge in [0.25, 0.3) is 5.91 Å². The standard InChI is InChI=1S/C13H9ClFNO4/c1-19-13(18)8-6-7(2-3-9(8)15)16-12(17)10-4-5-11(14)20-10/h2-6H,1H3,(H,16,17). The van der Waals surface area contributed by atoms with E-state index in [1.54, 1.807) is 0 Å². The first-order valence-electron chi connectivity index (χ1n) is 5.46. The number of amides is 1. The van der Waals surface area contributed by atoms with Crippen molar-refractivity contribution < 1.29 is 23.1 Å². The second-order valence-corrected chi connectivity index (χ2v) is 4.12. The largest absolute Gasteiger partial charge is 0.465 e. The molecule has 1 aromatic carbocycles. The van der Waals surface area contributed by atoms with Gasteiger partial charge in [0, 0.05) is 5.69 Å². The van der Waals surface area contributed by atoms with Gasteiger partial charge < -0.3 is 14.5 Å². The number of rotatable bonds is 3. The Labute approximate surface area is 118 Å². The molecule has 0 spiro atoms. The molecule has 0 aliphatic heterocycles. The van der Waals surface area contributed by atoms with Gasteiger partial charge in [0.15, 0.2) is 11.0 Å². The second kappa shape index (κ2) is 5.75. The van der Waals surface area contributed by atoms with E-state index in [1.165, 1.54) is 24.3 Å². The highest BCUT2D eigenvalue weighted by Gasteiger charge is 2.15. The van der Waals surface area contributed by atoms with E-state index < -0.39 is 17.7 Å². The summed E-state index contributed by atoms with van der Waals surface area (Å²) >= 11 is 5.56. The number of hydrogen-bond donors (Lipinski definition) is 1. The Bertz CT molecular complexity index is 668. The molecular weight excluding hydrogens is 289 g/mol. The first-order valence-corrected chi connectivity index (χ1v) is 5.83. The molecule has 104 valence electrons. The van der Waals surface area contributed by atoms with Crippen LogP contribution in [0.15, 0.2) is 34.7 Å². The zero-order valence-electron chi connectivity index (χ0n) is 10.3. The van der Waals surface area contributed by atoms with Crippen molar-refractivity contribution in [3.63, 3.8) is 0 Å². The van der Waals surface area contributed by atoms with Crippen LogP contribution in [-0.2, 0) is 4.74 Å². The van der Waals surface area contributed by atoms with Gasteiger partial charge in [0.05, 0.1) is 12.7 Å². The van der Waals surface area contributed by atoms with Crippen molar-refractivity contribution >= 4 is 29.2 Å². The summed E-state index contributed by atoms with van der Waals surface area (Å²) in [6, 6.07) is 6.34. The lowest BCUT2D eigenvalue weighted by atomic mass is 10.2. The Morgan fingerprint density at radius 1 is 1.30 bits per heavy atom. The molecule has 1 N–H and O–H groups in total. The minimum atomic E-state index is -0.834. The quantitative estimate of drug-likeness (QED) is 0.884. The molecule has 2 rings (SSSR count). The van der Waals surface area contributed by atoms with Gasteiger partial charge in [-0.2, -0.15) is 0 Å². The van der Waals surface area contributed by atoms with Crippen molar-refractivity contribution in [1.82, 2.24) is 0 Å². The fourth-order valence-corrected chi connectivity index (χ4v) is 1.64. The van der Waals surface area contributed by atoms with E-state index in [4.69, 9.17) is 16.0 Å². The second-order valence-electron chi connectivity index (χ2n) is 3.74. The van der Waals surface area contributed by atoms with Gasteiger partial charge in [-0.05, 0) is 41.9 Å². The van der Waals surface area contributed by atoms with E-state index in [9.17, 15) is 14.0 Å². The molecule has 0 saturated heterocycles. The van der Waals surface area contributed by atoms with E-state index in [0.717, 1.165) is 13.2 Å². The molecule has 0 fully saturated rings. The van der Waals surface area contributed by atoms with E-state index in [-0.39, 0.29) is 22.2 Å². The Kier molecular flexibility index (Phi) is 4.05. The minimum Gasteiger partial charge on any atom is -0.465 e. The molecule has 0 bridgehead atoms. The molecule has 7 heteroatoms. The predicted molar refractivity (Wildman–Crippen MR) is 69.4 cm³/mol. The zero-order valence-corrected chi connectivity index (χ0v) is 11.0. The average Bonchev–Trinajstić information content (AvgIpc) is 2.87. The number of esters is 1. The number of halogens is 2. The Morgan fingerprint density at radius 3 is 2.65 bits per heavy atom. The van der Waals surface area contributed by atoms with Crippen LogP contribution in [0.25, 0.3) is 0 Å². The maximum atomic E-state index is 13.4. The van der Waals surface area contributed by atoms with E-state index in [0.29, 0.717) is 0 Å². The van der Waals surface area contributed by atoms with E-state index in [1.807, 2.05) is 0 Å². The van der Waals surface area contributed by atoms with Gasteiger partial charge in [0.1, 0.15) is 5.82 Å². The summed E-state index contributed by atoms with van der Waals surface area (Å²) < 4.78 is 22.8. The number of carbonyl (C=O) groups is 2. The molecule has 0 unspecified atom stereocenters. The molecule has 0 aliphatic rings. The highest BCUT2D eigenvalue weighted by Crippen LogP contribution is 2.18. The lowest BCUT2D eigenvalue weighted by Gasteiger charge is -2.06. The minimum absolute atomic E-state index is 0.000979. The van der Waals surface area contributed by atoms with Gasteiger partial charge in [-0.25, -0.2) is 9.18 Å². The molecule has 0 aliphatic carbocycles.